The molecule has 0 spiro atoms. The number of benzene rings is 4. The number of phenolic OH excluding ortho intramolecular Hbond substituents is 2. The van der Waals surface area contributed by atoms with Gasteiger partial charge < -0.3 is 69.3 Å². The van der Waals surface area contributed by atoms with E-state index in [9.17, 15) is 40.9 Å². The molecule has 4 rings (SSSR count). The van der Waals surface area contributed by atoms with Crippen LogP contribution in [0.5, 0.6) is 46.0 Å². The van der Waals surface area contributed by atoms with E-state index in [1.165, 1.54) is 89.1 Å². The number of ether oxygens (including phenoxy) is 6. The Morgan fingerprint density at radius 2 is 0.784 bits per heavy atom. The van der Waals surface area contributed by atoms with Crippen molar-refractivity contribution in [1.82, 2.24) is 0 Å². The van der Waals surface area contributed by atoms with Crippen molar-refractivity contribution in [2.75, 3.05) is 48.3 Å². The smallest absolute Gasteiger partial charge is 0.161 e. The molecule has 0 saturated carbocycles. The Bertz CT molecular complexity index is 1730. The first-order chi connectivity index (χ1) is 24.5. The van der Waals surface area contributed by atoms with Gasteiger partial charge in [0.15, 0.2) is 58.2 Å². The lowest BCUT2D eigenvalue weighted by atomic mass is 9.89. The summed E-state index contributed by atoms with van der Waals surface area (Å²) in [6, 6.07) is 17.7. The lowest BCUT2D eigenvalue weighted by molar-refractivity contribution is -0.00270. The molecule has 0 radical (unpaired) electrons. The summed E-state index contributed by atoms with van der Waals surface area (Å²) in [4.78, 5) is 0. The largest absolute Gasteiger partial charge is 0.504 e. The molecule has 51 heavy (non-hydrogen) atoms. The standard InChI is InChI=1S/C37H44O14/c1-46-29-13-20(5-9-25(29)41)24(17-38)35(43)21-7-11-27(31(15-21)48-3)50-34(19-40)37(45)23-8-12-28(32(16-23)49-4)51-33(18-39)36(44)22-6-10-26(42)30(14-22)47-2/h5-16,24,33-45H,17-19H2,1-4H3. The van der Waals surface area contributed by atoms with Crippen LogP contribution in [0.1, 0.15) is 46.5 Å². The molecule has 4 aromatic carbocycles. The first kappa shape index (κ1) is 38.8. The summed E-state index contributed by atoms with van der Waals surface area (Å²) < 4.78 is 33.1. The van der Waals surface area contributed by atoms with Gasteiger partial charge in [-0.1, -0.05) is 24.3 Å². The minimum atomic E-state index is -1.39. The summed E-state index contributed by atoms with van der Waals surface area (Å²) in [6.07, 6.45) is -6.25. The maximum Gasteiger partial charge on any atom is 0.161 e. The maximum absolute atomic E-state index is 11.3. The highest BCUT2D eigenvalue weighted by molar-refractivity contribution is 5.48. The molecule has 4 aromatic rings. The number of hydrogen-bond donors (Lipinski definition) is 8. The third-order valence-electron chi connectivity index (χ3n) is 8.43. The van der Waals surface area contributed by atoms with Crippen LogP contribution in [0.15, 0.2) is 72.8 Å². The van der Waals surface area contributed by atoms with Gasteiger partial charge >= 0.3 is 0 Å². The third kappa shape index (κ3) is 8.86. The number of hydrogen-bond acceptors (Lipinski definition) is 14. The molecule has 0 amide bonds. The predicted molar refractivity (Wildman–Crippen MR) is 183 cm³/mol. The van der Waals surface area contributed by atoms with Crippen LogP contribution >= 0.6 is 0 Å². The van der Waals surface area contributed by atoms with E-state index in [1.807, 2.05) is 0 Å². The molecule has 0 heterocycles. The van der Waals surface area contributed by atoms with E-state index in [-0.39, 0.29) is 51.6 Å². The van der Waals surface area contributed by atoms with Crippen molar-refractivity contribution in [1.29, 1.82) is 0 Å². The lowest BCUT2D eigenvalue weighted by Gasteiger charge is -2.27. The minimum absolute atomic E-state index is 0.0854. The average Bonchev–Trinajstić information content (AvgIpc) is 3.16. The molecule has 14 nitrogen and oxygen atoms in total. The fourth-order valence-corrected chi connectivity index (χ4v) is 5.51. The van der Waals surface area contributed by atoms with Gasteiger partial charge in [-0.3, -0.25) is 0 Å². The van der Waals surface area contributed by atoms with Crippen molar-refractivity contribution in [2.24, 2.45) is 0 Å². The summed E-state index contributed by atoms with van der Waals surface area (Å²) in [7, 11) is 5.51. The van der Waals surface area contributed by atoms with Crippen LogP contribution in [-0.4, -0.2) is 101 Å². The first-order valence-corrected chi connectivity index (χ1v) is 15.8. The number of methoxy groups -OCH3 is 4. The summed E-state index contributed by atoms with van der Waals surface area (Å²) in [5, 5.41) is 83.6. The molecule has 0 saturated heterocycles. The number of aliphatic hydroxyl groups is 6. The maximum atomic E-state index is 11.3. The normalized spacial score (nSPS) is 14.8. The van der Waals surface area contributed by atoms with Gasteiger partial charge in [-0.15, -0.1) is 0 Å². The number of aromatic hydroxyl groups is 2. The molecular weight excluding hydrogens is 668 g/mol. The van der Waals surface area contributed by atoms with Crippen LogP contribution in [0, 0.1) is 0 Å². The number of phenols is 2. The topological polar surface area (TPSA) is 217 Å². The van der Waals surface area contributed by atoms with Crippen LogP contribution in [0.4, 0.5) is 0 Å². The monoisotopic (exact) mass is 712 g/mol. The molecule has 8 N–H and O–H groups in total. The third-order valence-corrected chi connectivity index (χ3v) is 8.43. The molecule has 0 bridgehead atoms. The average molecular weight is 713 g/mol. The summed E-state index contributed by atoms with van der Waals surface area (Å²) in [5.41, 5.74) is 1.50. The van der Waals surface area contributed by atoms with Gasteiger partial charge in [0.05, 0.1) is 54.4 Å². The Hall–Kier alpha value is -4.96. The highest BCUT2D eigenvalue weighted by Crippen LogP contribution is 2.40. The van der Waals surface area contributed by atoms with Crippen LogP contribution < -0.4 is 28.4 Å². The molecule has 0 fully saturated rings. The molecule has 14 heteroatoms. The first-order valence-electron chi connectivity index (χ1n) is 15.8. The van der Waals surface area contributed by atoms with Gasteiger partial charge in [0.25, 0.3) is 0 Å². The van der Waals surface area contributed by atoms with E-state index >= 15 is 0 Å². The molecule has 0 aromatic heterocycles. The van der Waals surface area contributed by atoms with Gasteiger partial charge in [0, 0.05) is 5.92 Å². The number of aliphatic hydroxyl groups excluding tert-OH is 6. The Kier molecular flexibility index (Phi) is 13.6. The van der Waals surface area contributed by atoms with E-state index in [2.05, 4.69) is 0 Å². The Balaban J connectivity index is 1.52. The van der Waals surface area contributed by atoms with E-state index in [0.717, 1.165) is 0 Å². The van der Waals surface area contributed by atoms with E-state index < -0.39 is 56.3 Å². The zero-order chi connectivity index (χ0) is 37.2. The van der Waals surface area contributed by atoms with Crippen LogP contribution in [0.25, 0.3) is 0 Å². The molecule has 276 valence electrons. The van der Waals surface area contributed by atoms with Crippen LogP contribution in [0.3, 0.4) is 0 Å². The van der Waals surface area contributed by atoms with E-state index in [1.54, 1.807) is 12.1 Å². The SMILES string of the molecule is COc1cc(C(O)C(CO)Oc2ccc(C(O)C(CO)Oc3ccc(C(O)C(CO)c4ccc(O)c(OC)c4)cc3OC)cc2OC)ccc1O. The summed E-state index contributed by atoms with van der Waals surface area (Å²) in [6.45, 7) is -1.61. The molecule has 0 aliphatic rings. The highest BCUT2D eigenvalue weighted by atomic mass is 16.5. The highest BCUT2D eigenvalue weighted by Gasteiger charge is 2.29. The second-order valence-corrected chi connectivity index (χ2v) is 11.5. The van der Waals surface area contributed by atoms with E-state index in [0.29, 0.717) is 16.7 Å². The van der Waals surface area contributed by atoms with Crippen LogP contribution in [-0.2, 0) is 0 Å². The zero-order valence-corrected chi connectivity index (χ0v) is 28.5. The fraction of sp³-hybridized carbons (Fsp3) is 0.351. The van der Waals surface area contributed by atoms with Crippen molar-refractivity contribution in [3.63, 3.8) is 0 Å². The molecule has 6 atom stereocenters. The van der Waals surface area contributed by atoms with Gasteiger partial charge in [0.2, 0.25) is 0 Å². The quantitative estimate of drug-likeness (QED) is 0.0745. The summed E-state index contributed by atoms with van der Waals surface area (Å²) in [5.74, 6) is -0.0465. The fourth-order valence-electron chi connectivity index (χ4n) is 5.51. The Labute approximate surface area is 294 Å². The van der Waals surface area contributed by atoms with Crippen molar-refractivity contribution < 1.29 is 69.3 Å². The van der Waals surface area contributed by atoms with Crippen molar-refractivity contribution in [3.05, 3.63) is 95.1 Å². The molecule has 0 aliphatic heterocycles. The molecular formula is C37H44O14. The Morgan fingerprint density at radius 3 is 1.18 bits per heavy atom. The second-order valence-electron chi connectivity index (χ2n) is 11.5. The number of rotatable bonds is 18. The van der Waals surface area contributed by atoms with Gasteiger partial charge in [-0.25, -0.2) is 0 Å². The minimum Gasteiger partial charge on any atom is -0.504 e. The van der Waals surface area contributed by atoms with Gasteiger partial charge in [0.1, 0.15) is 12.2 Å². The molecule has 0 aliphatic carbocycles. The van der Waals surface area contributed by atoms with Crippen molar-refractivity contribution in [2.45, 2.75) is 36.4 Å². The van der Waals surface area contributed by atoms with E-state index in [4.69, 9.17) is 28.4 Å². The predicted octanol–water partition coefficient (Wildman–Crippen LogP) is 2.89. The zero-order valence-electron chi connectivity index (χ0n) is 28.5. The Morgan fingerprint density at radius 1 is 0.431 bits per heavy atom. The van der Waals surface area contributed by atoms with Gasteiger partial charge in [-0.05, 0) is 70.8 Å². The van der Waals surface area contributed by atoms with Crippen molar-refractivity contribution in [3.8, 4) is 46.0 Å². The second kappa shape index (κ2) is 17.8. The van der Waals surface area contributed by atoms with Crippen molar-refractivity contribution >= 4 is 0 Å². The van der Waals surface area contributed by atoms with Crippen LogP contribution in [0.2, 0.25) is 0 Å². The molecule has 6 unspecified atom stereocenters. The summed E-state index contributed by atoms with van der Waals surface area (Å²) >= 11 is 0. The lowest BCUT2D eigenvalue weighted by Crippen LogP contribution is -2.30. The van der Waals surface area contributed by atoms with Gasteiger partial charge in [-0.2, -0.15) is 0 Å².